The molecule has 0 bridgehead atoms. The van der Waals surface area contributed by atoms with Gasteiger partial charge in [0.05, 0.1) is 19.3 Å². The number of amides is 2. The van der Waals surface area contributed by atoms with Crippen LogP contribution in [0.2, 0.25) is 0 Å². The zero-order chi connectivity index (χ0) is 20.4. The fourth-order valence-electron chi connectivity index (χ4n) is 2.55. The zero-order valence-corrected chi connectivity index (χ0v) is 16.4. The van der Waals surface area contributed by atoms with E-state index in [1.807, 2.05) is 26.0 Å². The Labute approximate surface area is 165 Å². The van der Waals surface area contributed by atoms with Gasteiger partial charge in [0.15, 0.2) is 18.1 Å². The zero-order valence-electron chi connectivity index (χ0n) is 16.4. The second-order valence-corrected chi connectivity index (χ2v) is 5.84. The van der Waals surface area contributed by atoms with E-state index in [4.69, 9.17) is 14.2 Å². The summed E-state index contributed by atoms with van der Waals surface area (Å²) in [4.78, 5) is 24.0. The Morgan fingerprint density at radius 2 is 1.71 bits per heavy atom. The molecule has 2 amide bonds. The quantitative estimate of drug-likeness (QED) is 0.655. The maximum atomic E-state index is 12.5. The molecule has 0 radical (unpaired) electrons. The SMILES string of the molecule is CCNC(=O)COc1ccc(CNC(=O)c2ccccc2OCC)cc1OC. The summed E-state index contributed by atoms with van der Waals surface area (Å²) in [5.41, 5.74) is 1.32. The molecule has 28 heavy (non-hydrogen) atoms. The van der Waals surface area contributed by atoms with Crippen LogP contribution in [0, 0.1) is 0 Å². The van der Waals surface area contributed by atoms with Crippen molar-refractivity contribution in [1.29, 1.82) is 0 Å². The maximum absolute atomic E-state index is 12.5. The van der Waals surface area contributed by atoms with Crippen molar-refractivity contribution in [3.05, 3.63) is 53.6 Å². The summed E-state index contributed by atoms with van der Waals surface area (Å²) in [6.45, 7) is 4.97. The molecule has 2 rings (SSSR count). The molecule has 0 heterocycles. The Morgan fingerprint density at radius 3 is 2.43 bits per heavy atom. The Balaban J connectivity index is 2.01. The highest BCUT2D eigenvalue weighted by Gasteiger charge is 2.13. The van der Waals surface area contributed by atoms with Crippen molar-refractivity contribution in [2.45, 2.75) is 20.4 Å². The van der Waals surface area contributed by atoms with Crippen LogP contribution in [-0.2, 0) is 11.3 Å². The van der Waals surface area contributed by atoms with Crippen LogP contribution in [0.5, 0.6) is 17.2 Å². The molecule has 0 aromatic heterocycles. The van der Waals surface area contributed by atoms with Crippen LogP contribution in [0.15, 0.2) is 42.5 Å². The number of hydrogen-bond acceptors (Lipinski definition) is 5. The molecule has 0 aliphatic heterocycles. The topological polar surface area (TPSA) is 85.9 Å². The molecule has 0 saturated heterocycles. The van der Waals surface area contributed by atoms with Crippen molar-refractivity contribution in [3.63, 3.8) is 0 Å². The standard InChI is InChI=1S/C21H26N2O5/c1-4-22-20(24)14-28-18-11-10-15(12-19(18)26-3)13-23-21(25)16-8-6-7-9-17(16)27-5-2/h6-12H,4-5,13-14H2,1-3H3,(H,22,24)(H,23,25). The first-order valence-electron chi connectivity index (χ1n) is 9.15. The minimum absolute atomic E-state index is 0.0888. The van der Waals surface area contributed by atoms with E-state index < -0.39 is 0 Å². The Morgan fingerprint density at radius 1 is 0.929 bits per heavy atom. The van der Waals surface area contributed by atoms with Gasteiger partial charge in [0.25, 0.3) is 11.8 Å². The van der Waals surface area contributed by atoms with Crippen LogP contribution in [0.1, 0.15) is 29.8 Å². The van der Waals surface area contributed by atoms with Crippen molar-refractivity contribution in [1.82, 2.24) is 10.6 Å². The lowest BCUT2D eigenvalue weighted by molar-refractivity contribution is -0.123. The van der Waals surface area contributed by atoms with Crippen LogP contribution in [0.25, 0.3) is 0 Å². The van der Waals surface area contributed by atoms with Gasteiger partial charge in [-0.3, -0.25) is 9.59 Å². The van der Waals surface area contributed by atoms with Gasteiger partial charge in [-0.25, -0.2) is 0 Å². The molecule has 2 aromatic rings. The molecule has 2 aromatic carbocycles. The second-order valence-electron chi connectivity index (χ2n) is 5.84. The van der Waals surface area contributed by atoms with Gasteiger partial charge in [0.2, 0.25) is 0 Å². The number of carbonyl (C=O) groups excluding carboxylic acids is 2. The van der Waals surface area contributed by atoms with Gasteiger partial charge in [0.1, 0.15) is 5.75 Å². The third kappa shape index (κ3) is 5.90. The van der Waals surface area contributed by atoms with Gasteiger partial charge in [-0.15, -0.1) is 0 Å². The van der Waals surface area contributed by atoms with Crippen molar-refractivity contribution < 1.29 is 23.8 Å². The van der Waals surface area contributed by atoms with E-state index in [2.05, 4.69) is 10.6 Å². The van der Waals surface area contributed by atoms with Crippen LogP contribution in [0.4, 0.5) is 0 Å². The van der Waals surface area contributed by atoms with E-state index >= 15 is 0 Å². The van der Waals surface area contributed by atoms with Crippen molar-refractivity contribution in [2.24, 2.45) is 0 Å². The highest BCUT2D eigenvalue weighted by atomic mass is 16.5. The maximum Gasteiger partial charge on any atom is 0.257 e. The van der Waals surface area contributed by atoms with E-state index in [1.165, 1.54) is 7.11 Å². The van der Waals surface area contributed by atoms with Crippen molar-refractivity contribution >= 4 is 11.8 Å². The highest BCUT2D eigenvalue weighted by Crippen LogP contribution is 2.28. The molecule has 7 nitrogen and oxygen atoms in total. The first kappa shape index (κ1) is 21.1. The summed E-state index contributed by atoms with van der Waals surface area (Å²) in [5, 5.41) is 5.54. The fourth-order valence-corrected chi connectivity index (χ4v) is 2.55. The minimum atomic E-state index is -0.223. The molecule has 0 spiro atoms. The van der Waals surface area contributed by atoms with Gasteiger partial charge in [-0.05, 0) is 43.7 Å². The summed E-state index contributed by atoms with van der Waals surface area (Å²) in [7, 11) is 1.52. The third-order valence-electron chi connectivity index (χ3n) is 3.85. The molecular formula is C21H26N2O5. The second kappa shape index (κ2) is 10.8. The number of likely N-dealkylation sites (N-methyl/N-ethyl adjacent to an activating group) is 1. The summed E-state index contributed by atoms with van der Waals surface area (Å²) < 4.78 is 16.3. The average molecular weight is 386 g/mol. The van der Waals surface area contributed by atoms with Crippen LogP contribution in [0.3, 0.4) is 0 Å². The monoisotopic (exact) mass is 386 g/mol. The molecule has 150 valence electrons. The smallest absolute Gasteiger partial charge is 0.257 e. The molecule has 0 saturated carbocycles. The summed E-state index contributed by atoms with van der Waals surface area (Å²) in [6, 6.07) is 12.4. The van der Waals surface area contributed by atoms with Gasteiger partial charge in [0, 0.05) is 13.1 Å². The number of carbonyl (C=O) groups is 2. The lowest BCUT2D eigenvalue weighted by Crippen LogP contribution is -2.28. The highest BCUT2D eigenvalue weighted by molar-refractivity contribution is 5.96. The van der Waals surface area contributed by atoms with Gasteiger partial charge in [-0.1, -0.05) is 18.2 Å². The Bertz CT molecular complexity index is 807. The van der Waals surface area contributed by atoms with Crippen molar-refractivity contribution in [2.75, 3.05) is 26.9 Å². The first-order chi connectivity index (χ1) is 13.6. The molecule has 0 fully saturated rings. The van der Waals surface area contributed by atoms with E-state index in [1.54, 1.807) is 30.3 Å². The van der Waals surface area contributed by atoms with Crippen LogP contribution in [-0.4, -0.2) is 38.7 Å². The van der Waals surface area contributed by atoms with E-state index in [0.717, 1.165) is 5.56 Å². The number of ether oxygens (including phenoxy) is 3. The predicted molar refractivity (Wildman–Crippen MR) is 106 cm³/mol. The van der Waals surface area contributed by atoms with E-state index in [-0.39, 0.29) is 18.4 Å². The summed E-state index contributed by atoms with van der Waals surface area (Å²) >= 11 is 0. The summed E-state index contributed by atoms with van der Waals surface area (Å²) in [6.07, 6.45) is 0. The van der Waals surface area contributed by atoms with Crippen LogP contribution >= 0.6 is 0 Å². The fraction of sp³-hybridized carbons (Fsp3) is 0.333. The number of para-hydroxylation sites is 1. The average Bonchev–Trinajstić information content (AvgIpc) is 2.71. The first-order valence-corrected chi connectivity index (χ1v) is 9.15. The molecule has 0 unspecified atom stereocenters. The van der Waals surface area contributed by atoms with E-state index in [9.17, 15) is 9.59 Å². The largest absolute Gasteiger partial charge is 0.493 e. The molecule has 0 atom stereocenters. The molecular weight excluding hydrogens is 360 g/mol. The van der Waals surface area contributed by atoms with Crippen LogP contribution < -0.4 is 24.8 Å². The number of benzene rings is 2. The lowest BCUT2D eigenvalue weighted by Gasteiger charge is -2.13. The van der Waals surface area contributed by atoms with Gasteiger partial charge < -0.3 is 24.8 Å². The normalized spacial score (nSPS) is 10.1. The number of methoxy groups -OCH3 is 1. The minimum Gasteiger partial charge on any atom is -0.493 e. The Kier molecular flexibility index (Phi) is 8.14. The van der Waals surface area contributed by atoms with Gasteiger partial charge >= 0.3 is 0 Å². The van der Waals surface area contributed by atoms with Crippen molar-refractivity contribution in [3.8, 4) is 17.2 Å². The summed E-state index contributed by atoms with van der Waals surface area (Å²) in [5.74, 6) is 1.08. The Hall–Kier alpha value is -3.22. The van der Waals surface area contributed by atoms with E-state index in [0.29, 0.717) is 42.5 Å². The molecule has 0 aliphatic rings. The lowest BCUT2D eigenvalue weighted by atomic mass is 10.1. The number of hydrogen-bond donors (Lipinski definition) is 2. The third-order valence-corrected chi connectivity index (χ3v) is 3.85. The molecule has 0 aliphatic carbocycles. The molecule has 2 N–H and O–H groups in total. The molecule has 7 heteroatoms. The number of rotatable bonds is 10. The number of nitrogens with one attached hydrogen (secondary N) is 2. The predicted octanol–water partition coefficient (Wildman–Crippen LogP) is 2.54. The van der Waals surface area contributed by atoms with Gasteiger partial charge in [-0.2, -0.15) is 0 Å².